The van der Waals surface area contributed by atoms with Crippen LogP contribution in [0.25, 0.3) is 0 Å². The van der Waals surface area contributed by atoms with Crippen molar-refractivity contribution in [2.24, 2.45) is 4.99 Å². The van der Waals surface area contributed by atoms with E-state index in [0.717, 1.165) is 24.4 Å². The van der Waals surface area contributed by atoms with Crippen molar-refractivity contribution in [2.75, 3.05) is 7.11 Å². The maximum Gasteiger partial charge on any atom is 0.121 e. The highest BCUT2D eigenvalue weighted by Crippen LogP contribution is 2.38. The topological polar surface area (TPSA) is 24.8 Å². The number of ether oxygens (including phenoxy) is 1. The highest BCUT2D eigenvalue weighted by atomic mass is 16.5. The maximum atomic E-state index is 5.39. The number of hydrogen-bond donors (Lipinski definition) is 0. The number of fused-ring (bicyclic) bond motifs is 1. The minimum Gasteiger partial charge on any atom is -0.497 e. The molecular weight excluding hydrogens is 308 g/mol. The maximum absolute atomic E-state index is 5.39. The SMILES string of the molecule is CCCCCC1=Nc2cc(OC)ccc2C(C)N1Cc1ccccc1. The molecule has 0 saturated carbocycles. The third kappa shape index (κ3) is 4.04. The van der Waals surface area contributed by atoms with Gasteiger partial charge in [-0.1, -0.05) is 56.2 Å². The molecule has 0 aromatic heterocycles. The van der Waals surface area contributed by atoms with Gasteiger partial charge in [0.2, 0.25) is 0 Å². The quantitative estimate of drug-likeness (QED) is 0.590. The lowest BCUT2D eigenvalue weighted by Crippen LogP contribution is -2.35. The third-order valence-electron chi connectivity index (χ3n) is 4.94. The van der Waals surface area contributed by atoms with E-state index >= 15 is 0 Å². The Morgan fingerprint density at radius 1 is 1.08 bits per heavy atom. The molecule has 0 N–H and O–H groups in total. The van der Waals surface area contributed by atoms with Crippen molar-refractivity contribution >= 4 is 11.5 Å². The summed E-state index contributed by atoms with van der Waals surface area (Å²) in [5, 5.41) is 0. The van der Waals surface area contributed by atoms with Crippen LogP contribution in [0.4, 0.5) is 5.69 Å². The molecule has 2 aromatic rings. The van der Waals surface area contributed by atoms with Crippen LogP contribution in [-0.2, 0) is 6.54 Å². The zero-order valence-corrected chi connectivity index (χ0v) is 15.5. The van der Waals surface area contributed by atoms with E-state index in [1.54, 1.807) is 7.11 Å². The van der Waals surface area contributed by atoms with Crippen molar-refractivity contribution in [3.05, 3.63) is 59.7 Å². The molecule has 2 aromatic carbocycles. The molecule has 0 aliphatic carbocycles. The van der Waals surface area contributed by atoms with Crippen LogP contribution in [0, 0.1) is 0 Å². The van der Waals surface area contributed by atoms with Crippen LogP contribution >= 0.6 is 0 Å². The van der Waals surface area contributed by atoms with Crippen LogP contribution in [-0.4, -0.2) is 17.8 Å². The Bertz CT molecular complexity index is 724. The first kappa shape index (κ1) is 17.5. The first-order chi connectivity index (χ1) is 12.2. The number of hydrogen-bond acceptors (Lipinski definition) is 3. The van der Waals surface area contributed by atoms with Gasteiger partial charge in [0.05, 0.1) is 18.8 Å². The van der Waals surface area contributed by atoms with Crippen molar-refractivity contribution in [1.29, 1.82) is 0 Å². The van der Waals surface area contributed by atoms with E-state index in [1.807, 2.05) is 6.07 Å². The summed E-state index contributed by atoms with van der Waals surface area (Å²) >= 11 is 0. The fourth-order valence-corrected chi connectivity index (χ4v) is 3.44. The molecule has 1 atom stereocenters. The van der Waals surface area contributed by atoms with E-state index in [9.17, 15) is 0 Å². The van der Waals surface area contributed by atoms with Gasteiger partial charge < -0.3 is 9.64 Å². The minimum atomic E-state index is 0.315. The Kier molecular flexibility index (Phi) is 5.75. The van der Waals surface area contributed by atoms with Gasteiger partial charge in [0.25, 0.3) is 0 Å². The lowest BCUT2D eigenvalue weighted by atomic mass is 9.99. The number of unbranched alkanes of at least 4 members (excludes halogenated alkanes) is 2. The summed E-state index contributed by atoms with van der Waals surface area (Å²) in [6.07, 6.45) is 4.69. The van der Waals surface area contributed by atoms with E-state index in [-0.39, 0.29) is 0 Å². The molecule has 132 valence electrons. The molecule has 1 heterocycles. The van der Waals surface area contributed by atoms with Crippen LogP contribution in [0.3, 0.4) is 0 Å². The van der Waals surface area contributed by atoms with E-state index < -0.39 is 0 Å². The number of amidine groups is 1. The minimum absolute atomic E-state index is 0.315. The molecule has 1 aliphatic heterocycles. The summed E-state index contributed by atoms with van der Waals surface area (Å²) in [5.41, 5.74) is 3.66. The van der Waals surface area contributed by atoms with Crippen LogP contribution in [0.15, 0.2) is 53.5 Å². The molecular formula is C22H28N2O. The van der Waals surface area contributed by atoms with Crippen molar-refractivity contribution in [3.63, 3.8) is 0 Å². The molecule has 0 spiro atoms. The Hall–Kier alpha value is -2.29. The van der Waals surface area contributed by atoms with Crippen molar-refractivity contribution in [3.8, 4) is 5.75 Å². The predicted octanol–water partition coefficient (Wildman–Crippen LogP) is 5.88. The highest BCUT2D eigenvalue weighted by molar-refractivity contribution is 5.88. The van der Waals surface area contributed by atoms with E-state index in [1.165, 1.54) is 36.2 Å². The largest absolute Gasteiger partial charge is 0.497 e. The summed E-state index contributed by atoms with van der Waals surface area (Å²) in [6.45, 7) is 5.42. The standard InChI is InChI=1S/C22H28N2O/c1-4-5-7-12-22-23-21-15-19(25-3)13-14-20(21)17(2)24(22)16-18-10-8-6-9-11-18/h6,8-11,13-15,17H,4-5,7,12,16H2,1-3H3. The monoisotopic (exact) mass is 336 g/mol. The smallest absolute Gasteiger partial charge is 0.121 e. The first-order valence-corrected chi connectivity index (χ1v) is 9.29. The van der Waals surface area contributed by atoms with Crippen molar-refractivity contribution in [2.45, 2.75) is 52.1 Å². The number of benzene rings is 2. The molecule has 0 bridgehead atoms. The average Bonchev–Trinajstić information content (AvgIpc) is 2.65. The predicted molar refractivity (Wildman–Crippen MR) is 105 cm³/mol. The number of aliphatic imine (C=N–C) groups is 1. The second kappa shape index (κ2) is 8.19. The van der Waals surface area contributed by atoms with Crippen molar-refractivity contribution in [1.82, 2.24) is 4.90 Å². The van der Waals surface area contributed by atoms with E-state index in [0.29, 0.717) is 6.04 Å². The average molecular weight is 336 g/mol. The molecule has 0 saturated heterocycles. The Morgan fingerprint density at radius 3 is 2.60 bits per heavy atom. The Balaban J connectivity index is 1.92. The van der Waals surface area contributed by atoms with Crippen LogP contribution in [0.1, 0.15) is 56.7 Å². The van der Waals surface area contributed by atoms with Gasteiger partial charge in [-0.3, -0.25) is 0 Å². The summed E-state index contributed by atoms with van der Waals surface area (Å²) in [5.74, 6) is 2.07. The van der Waals surface area contributed by atoms with Gasteiger partial charge in [0.1, 0.15) is 11.6 Å². The Morgan fingerprint density at radius 2 is 1.88 bits per heavy atom. The summed E-state index contributed by atoms with van der Waals surface area (Å²) in [7, 11) is 1.71. The Labute approximate surface area is 151 Å². The molecule has 3 heteroatoms. The van der Waals surface area contributed by atoms with Crippen LogP contribution in [0.2, 0.25) is 0 Å². The molecule has 25 heavy (non-hydrogen) atoms. The molecule has 1 unspecified atom stereocenters. The number of methoxy groups -OCH3 is 1. The van der Waals surface area contributed by atoms with E-state index in [2.05, 4.69) is 61.2 Å². The number of rotatable bonds is 7. The summed E-state index contributed by atoms with van der Waals surface area (Å²) in [6, 6.07) is 17.2. The molecule has 1 aliphatic rings. The molecule has 3 nitrogen and oxygen atoms in total. The summed E-state index contributed by atoms with van der Waals surface area (Å²) in [4.78, 5) is 7.47. The molecule has 0 radical (unpaired) electrons. The third-order valence-corrected chi connectivity index (χ3v) is 4.94. The van der Waals surface area contributed by atoms with Gasteiger partial charge in [0.15, 0.2) is 0 Å². The van der Waals surface area contributed by atoms with Crippen molar-refractivity contribution < 1.29 is 4.74 Å². The fraction of sp³-hybridized carbons (Fsp3) is 0.409. The zero-order valence-electron chi connectivity index (χ0n) is 15.5. The van der Waals surface area contributed by atoms with Crippen LogP contribution in [0.5, 0.6) is 5.75 Å². The second-order valence-corrected chi connectivity index (χ2v) is 6.70. The lowest BCUT2D eigenvalue weighted by molar-refractivity contribution is 0.316. The van der Waals surface area contributed by atoms with Gasteiger partial charge in [-0.05, 0) is 25.0 Å². The fourth-order valence-electron chi connectivity index (χ4n) is 3.44. The lowest BCUT2D eigenvalue weighted by Gasteiger charge is -2.37. The van der Waals surface area contributed by atoms with Gasteiger partial charge in [-0.2, -0.15) is 0 Å². The highest BCUT2D eigenvalue weighted by Gasteiger charge is 2.26. The van der Waals surface area contributed by atoms with Gasteiger partial charge in [-0.15, -0.1) is 0 Å². The molecule has 0 amide bonds. The first-order valence-electron chi connectivity index (χ1n) is 9.29. The van der Waals surface area contributed by atoms with Crippen LogP contribution < -0.4 is 4.74 Å². The second-order valence-electron chi connectivity index (χ2n) is 6.70. The zero-order chi connectivity index (χ0) is 17.6. The number of nitrogens with zero attached hydrogens (tertiary/aromatic N) is 2. The molecule has 0 fully saturated rings. The van der Waals surface area contributed by atoms with Gasteiger partial charge >= 0.3 is 0 Å². The summed E-state index contributed by atoms with van der Waals surface area (Å²) < 4.78 is 5.39. The normalized spacial score (nSPS) is 16.4. The van der Waals surface area contributed by atoms with Gasteiger partial charge in [-0.25, -0.2) is 4.99 Å². The molecule has 3 rings (SSSR count). The van der Waals surface area contributed by atoms with E-state index in [4.69, 9.17) is 9.73 Å². The van der Waals surface area contributed by atoms with Gasteiger partial charge in [0, 0.05) is 24.6 Å².